The van der Waals surface area contributed by atoms with Crippen molar-refractivity contribution in [1.82, 2.24) is 4.98 Å². The highest BCUT2D eigenvalue weighted by atomic mass is 32.1. The number of aromatic nitrogens is 1. The summed E-state index contributed by atoms with van der Waals surface area (Å²) >= 11 is 1.56. The number of aryl methyl sites for hydroxylation is 1. The van der Waals surface area contributed by atoms with Gasteiger partial charge in [0.05, 0.1) is 6.61 Å². The lowest BCUT2D eigenvalue weighted by Gasteiger charge is -2.14. The van der Waals surface area contributed by atoms with Crippen LogP contribution in [0.4, 0.5) is 5.13 Å². The van der Waals surface area contributed by atoms with Crippen LogP contribution in [0.1, 0.15) is 35.6 Å². The molecule has 18 heavy (non-hydrogen) atoms. The predicted molar refractivity (Wildman–Crippen MR) is 73.3 cm³/mol. The Hall–Kier alpha value is -1.10. The molecule has 1 aromatic heterocycles. The summed E-state index contributed by atoms with van der Waals surface area (Å²) in [7, 11) is 2.04. The van der Waals surface area contributed by atoms with E-state index in [1.807, 2.05) is 14.0 Å². The summed E-state index contributed by atoms with van der Waals surface area (Å²) in [5.74, 6) is 1.30. The van der Waals surface area contributed by atoms with Gasteiger partial charge in [0.15, 0.2) is 10.8 Å². The molecule has 4 nitrogen and oxygen atoms in total. The normalized spacial score (nSPS) is 21.8. The Morgan fingerprint density at radius 1 is 1.61 bits per heavy atom. The van der Waals surface area contributed by atoms with Gasteiger partial charge in [-0.3, -0.25) is 0 Å². The van der Waals surface area contributed by atoms with E-state index in [0.717, 1.165) is 28.4 Å². The summed E-state index contributed by atoms with van der Waals surface area (Å²) in [6.07, 6.45) is 1.30. The zero-order valence-corrected chi connectivity index (χ0v) is 12.2. The highest BCUT2D eigenvalue weighted by Gasteiger charge is 2.34. The number of anilines is 1. The van der Waals surface area contributed by atoms with Crippen LogP contribution in [-0.2, 0) is 4.74 Å². The first-order chi connectivity index (χ1) is 8.52. The standard InChI is InChI=1S/C13H20N2O2S/c1-5-17-12(16)11-9(3)18-13(14-11)15(4)7-10-6-8(10)2/h8,10H,5-7H2,1-4H3. The minimum absolute atomic E-state index is 0.314. The van der Waals surface area contributed by atoms with Gasteiger partial charge < -0.3 is 9.64 Å². The predicted octanol–water partition coefficient (Wildman–Crippen LogP) is 2.72. The fourth-order valence-electron chi connectivity index (χ4n) is 2.02. The molecule has 0 aromatic carbocycles. The van der Waals surface area contributed by atoms with Crippen molar-refractivity contribution in [3.05, 3.63) is 10.6 Å². The van der Waals surface area contributed by atoms with Gasteiger partial charge in [0, 0.05) is 18.5 Å². The second-order valence-corrected chi connectivity index (χ2v) is 6.16. The van der Waals surface area contributed by atoms with Crippen LogP contribution in [0.15, 0.2) is 0 Å². The third-order valence-corrected chi connectivity index (χ3v) is 4.45. The Balaban J connectivity index is 2.05. The molecule has 1 heterocycles. The maximum absolute atomic E-state index is 11.7. The van der Waals surface area contributed by atoms with Crippen molar-refractivity contribution >= 4 is 22.4 Å². The van der Waals surface area contributed by atoms with Crippen LogP contribution >= 0.6 is 11.3 Å². The van der Waals surface area contributed by atoms with E-state index in [1.54, 1.807) is 18.3 Å². The number of rotatable bonds is 5. The van der Waals surface area contributed by atoms with Crippen LogP contribution in [0.2, 0.25) is 0 Å². The van der Waals surface area contributed by atoms with Crippen molar-refractivity contribution < 1.29 is 9.53 Å². The number of hydrogen-bond acceptors (Lipinski definition) is 5. The molecule has 1 fully saturated rings. The molecular weight excluding hydrogens is 248 g/mol. The van der Waals surface area contributed by atoms with Gasteiger partial charge in [-0.2, -0.15) is 0 Å². The highest BCUT2D eigenvalue weighted by Crippen LogP contribution is 2.39. The first-order valence-electron chi connectivity index (χ1n) is 6.38. The Morgan fingerprint density at radius 3 is 2.83 bits per heavy atom. The fourth-order valence-corrected chi connectivity index (χ4v) is 2.88. The molecule has 5 heteroatoms. The summed E-state index contributed by atoms with van der Waals surface area (Å²) < 4.78 is 5.00. The minimum atomic E-state index is -0.314. The lowest BCUT2D eigenvalue weighted by Crippen LogP contribution is -2.20. The van der Waals surface area contributed by atoms with E-state index in [2.05, 4.69) is 16.8 Å². The zero-order chi connectivity index (χ0) is 13.3. The molecule has 2 rings (SSSR count). The molecular formula is C13H20N2O2S. The number of carbonyl (C=O) groups excluding carboxylic acids is 1. The van der Waals surface area contributed by atoms with Crippen LogP contribution < -0.4 is 4.90 Å². The summed E-state index contributed by atoms with van der Waals surface area (Å²) in [6, 6.07) is 0. The quantitative estimate of drug-likeness (QED) is 0.770. The molecule has 0 aliphatic heterocycles. The first-order valence-corrected chi connectivity index (χ1v) is 7.20. The maximum atomic E-state index is 11.7. The molecule has 1 aromatic rings. The van der Waals surface area contributed by atoms with Crippen LogP contribution in [0.25, 0.3) is 0 Å². The fraction of sp³-hybridized carbons (Fsp3) is 0.692. The number of carbonyl (C=O) groups is 1. The lowest BCUT2D eigenvalue weighted by molar-refractivity contribution is 0.0519. The molecule has 1 aliphatic rings. The molecule has 0 spiro atoms. The van der Waals surface area contributed by atoms with Gasteiger partial charge in [-0.05, 0) is 32.1 Å². The minimum Gasteiger partial charge on any atom is -0.461 e. The molecule has 100 valence electrons. The molecule has 0 N–H and O–H groups in total. The SMILES string of the molecule is CCOC(=O)c1nc(N(C)CC2CC2C)sc1C. The number of esters is 1. The van der Waals surface area contributed by atoms with Crippen molar-refractivity contribution in [2.45, 2.75) is 27.2 Å². The van der Waals surface area contributed by atoms with Gasteiger partial charge in [0.2, 0.25) is 0 Å². The molecule has 0 amide bonds. The van der Waals surface area contributed by atoms with Crippen molar-refractivity contribution in [3.63, 3.8) is 0 Å². The van der Waals surface area contributed by atoms with E-state index in [1.165, 1.54) is 6.42 Å². The van der Waals surface area contributed by atoms with Crippen molar-refractivity contribution in [3.8, 4) is 0 Å². The summed E-state index contributed by atoms with van der Waals surface area (Å²) in [5, 5.41) is 0.912. The number of nitrogens with zero attached hydrogens (tertiary/aromatic N) is 2. The summed E-state index contributed by atoms with van der Waals surface area (Å²) in [6.45, 7) is 7.41. The lowest BCUT2D eigenvalue weighted by atomic mass is 10.3. The monoisotopic (exact) mass is 268 g/mol. The third kappa shape index (κ3) is 2.83. The van der Waals surface area contributed by atoms with E-state index < -0.39 is 0 Å². The van der Waals surface area contributed by atoms with Crippen LogP contribution in [0.5, 0.6) is 0 Å². The van der Waals surface area contributed by atoms with E-state index in [4.69, 9.17) is 4.74 Å². The number of hydrogen-bond donors (Lipinski definition) is 0. The second-order valence-electron chi connectivity index (χ2n) is 4.98. The second kappa shape index (κ2) is 5.26. The molecule has 2 atom stereocenters. The first kappa shape index (κ1) is 13.3. The summed E-state index contributed by atoms with van der Waals surface area (Å²) in [5.41, 5.74) is 0.465. The van der Waals surface area contributed by atoms with Gasteiger partial charge in [-0.25, -0.2) is 9.78 Å². The van der Waals surface area contributed by atoms with Crippen molar-refractivity contribution in [2.24, 2.45) is 11.8 Å². The van der Waals surface area contributed by atoms with Gasteiger partial charge >= 0.3 is 5.97 Å². The highest BCUT2D eigenvalue weighted by molar-refractivity contribution is 7.15. The molecule has 1 aliphatic carbocycles. The Bertz CT molecular complexity index is 444. The number of thiazole rings is 1. The van der Waals surface area contributed by atoms with Gasteiger partial charge in [-0.1, -0.05) is 6.92 Å². The smallest absolute Gasteiger partial charge is 0.358 e. The average Bonchev–Trinajstić information content (AvgIpc) is 2.85. The number of ether oxygens (including phenoxy) is 1. The van der Waals surface area contributed by atoms with Crippen LogP contribution in [-0.4, -0.2) is 31.2 Å². The topological polar surface area (TPSA) is 42.4 Å². The van der Waals surface area contributed by atoms with Gasteiger partial charge in [0.1, 0.15) is 0 Å². The van der Waals surface area contributed by atoms with E-state index in [9.17, 15) is 4.79 Å². The van der Waals surface area contributed by atoms with Gasteiger partial charge in [0.25, 0.3) is 0 Å². The molecule has 1 saturated carbocycles. The average molecular weight is 268 g/mol. The van der Waals surface area contributed by atoms with Crippen LogP contribution in [0, 0.1) is 18.8 Å². The molecule has 0 bridgehead atoms. The molecule has 2 unspecified atom stereocenters. The van der Waals surface area contributed by atoms with E-state index >= 15 is 0 Å². The Morgan fingerprint density at radius 2 is 2.28 bits per heavy atom. The third-order valence-electron chi connectivity index (χ3n) is 3.37. The largest absolute Gasteiger partial charge is 0.461 e. The molecule has 0 saturated heterocycles. The van der Waals surface area contributed by atoms with E-state index in [0.29, 0.717) is 12.3 Å². The van der Waals surface area contributed by atoms with Crippen molar-refractivity contribution in [2.75, 3.05) is 25.1 Å². The zero-order valence-electron chi connectivity index (χ0n) is 11.4. The summed E-state index contributed by atoms with van der Waals surface area (Å²) in [4.78, 5) is 19.2. The van der Waals surface area contributed by atoms with Crippen LogP contribution in [0.3, 0.4) is 0 Å². The van der Waals surface area contributed by atoms with Gasteiger partial charge in [-0.15, -0.1) is 11.3 Å². The van der Waals surface area contributed by atoms with E-state index in [-0.39, 0.29) is 5.97 Å². The Kier molecular flexibility index (Phi) is 3.90. The van der Waals surface area contributed by atoms with Crippen molar-refractivity contribution in [1.29, 1.82) is 0 Å². The maximum Gasteiger partial charge on any atom is 0.358 e. The molecule has 0 radical (unpaired) electrons. The Labute approximate surface area is 112 Å².